The van der Waals surface area contributed by atoms with E-state index in [1.165, 1.54) is 12.1 Å². The summed E-state index contributed by atoms with van der Waals surface area (Å²) in [5.74, 6) is -1.57. The highest BCUT2D eigenvalue weighted by atomic mass is 19.2. The minimum Gasteiger partial charge on any atom is -0.315 e. The van der Waals surface area contributed by atoms with E-state index in [9.17, 15) is 8.78 Å². The maximum absolute atomic E-state index is 13.3. The molecule has 0 saturated carbocycles. The summed E-state index contributed by atoms with van der Waals surface area (Å²) in [5, 5.41) is 3.32. The van der Waals surface area contributed by atoms with Crippen LogP contribution in [0.4, 0.5) is 8.78 Å². The molecule has 0 saturated heterocycles. The fourth-order valence-electron chi connectivity index (χ4n) is 2.87. The first kappa shape index (κ1) is 17.1. The summed E-state index contributed by atoms with van der Waals surface area (Å²) in [5.41, 5.74) is 0.742. The molecule has 2 nitrogen and oxygen atoms in total. The van der Waals surface area contributed by atoms with E-state index in [-0.39, 0.29) is 11.6 Å². The first-order valence-electron chi connectivity index (χ1n) is 7.23. The highest BCUT2D eigenvalue weighted by Crippen LogP contribution is 2.22. The Kier molecular flexibility index (Phi) is 6.08. The average Bonchev–Trinajstić information content (AvgIpc) is 2.40. The molecule has 0 aromatic heterocycles. The summed E-state index contributed by atoms with van der Waals surface area (Å²) in [7, 11) is 1.91. The smallest absolute Gasteiger partial charge is 0.159 e. The zero-order valence-corrected chi connectivity index (χ0v) is 13.1. The standard InChI is InChI=1S/C16H26F2N2/c1-6-20(7-2)16(3,4)15(19-5)11-12-8-9-13(17)14(18)10-12/h8-10,15,19H,6-7,11H2,1-5H3. The van der Waals surface area contributed by atoms with Crippen molar-refractivity contribution in [3.63, 3.8) is 0 Å². The van der Waals surface area contributed by atoms with Gasteiger partial charge in [-0.25, -0.2) is 8.78 Å². The van der Waals surface area contributed by atoms with Gasteiger partial charge in [0.15, 0.2) is 11.6 Å². The van der Waals surface area contributed by atoms with Crippen molar-refractivity contribution in [3.05, 3.63) is 35.4 Å². The van der Waals surface area contributed by atoms with Crippen LogP contribution in [-0.2, 0) is 6.42 Å². The van der Waals surface area contributed by atoms with Crippen LogP contribution < -0.4 is 5.32 Å². The normalized spacial score (nSPS) is 13.8. The summed E-state index contributed by atoms with van der Waals surface area (Å²) in [6.45, 7) is 10.5. The van der Waals surface area contributed by atoms with Crippen LogP contribution >= 0.6 is 0 Å². The van der Waals surface area contributed by atoms with Crippen molar-refractivity contribution in [2.24, 2.45) is 0 Å². The summed E-state index contributed by atoms with van der Waals surface area (Å²) in [6, 6.07) is 4.30. The second-order valence-electron chi connectivity index (χ2n) is 5.62. The summed E-state index contributed by atoms with van der Waals surface area (Å²) in [4.78, 5) is 2.37. The molecule has 0 amide bonds. The maximum atomic E-state index is 13.3. The van der Waals surface area contributed by atoms with Crippen LogP contribution in [0.5, 0.6) is 0 Å². The molecule has 4 heteroatoms. The molecule has 0 bridgehead atoms. The van der Waals surface area contributed by atoms with Gasteiger partial charge in [-0.2, -0.15) is 0 Å². The molecule has 0 heterocycles. The molecule has 0 radical (unpaired) electrons. The summed E-state index contributed by atoms with van der Waals surface area (Å²) < 4.78 is 26.3. The highest BCUT2D eigenvalue weighted by molar-refractivity contribution is 5.20. The molecule has 0 aliphatic carbocycles. The molecule has 1 atom stereocenters. The SMILES string of the molecule is CCN(CC)C(C)(C)C(Cc1ccc(F)c(F)c1)NC. The molecule has 1 aromatic carbocycles. The van der Waals surface area contributed by atoms with E-state index < -0.39 is 11.6 Å². The highest BCUT2D eigenvalue weighted by Gasteiger charge is 2.33. The Morgan fingerprint density at radius 1 is 1.15 bits per heavy atom. The van der Waals surface area contributed by atoms with Gasteiger partial charge >= 0.3 is 0 Å². The average molecular weight is 284 g/mol. The summed E-state index contributed by atoms with van der Waals surface area (Å²) in [6.07, 6.45) is 0.664. The predicted molar refractivity (Wildman–Crippen MR) is 79.9 cm³/mol. The minimum absolute atomic E-state index is 0.0664. The van der Waals surface area contributed by atoms with Gasteiger partial charge < -0.3 is 5.32 Å². The van der Waals surface area contributed by atoms with Crippen molar-refractivity contribution in [1.29, 1.82) is 0 Å². The van der Waals surface area contributed by atoms with Crippen molar-refractivity contribution in [2.75, 3.05) is 20.1 Å². The Balaban J connectivity index is 2.93. The molecular formula is C16H26F2N2. The van der Waals surface area contributed by atoms with Gasteiger partial charge in [-0.05, 0) is 58.1 Å². The largest absolute Gasteiger partial charge is 0.315 e. The van der Waals surface area contributed by atoms with Gasteiger partial charge in [0.2, 0.25) is 0 Å². The van der Waals surface area contributed by atoms with E-state index in [0.29, 0.717) is 6.42 Å². The number of hydrogen-bond donors (Lipinski definition) is 1. The Hall–Kier alpha value is -1.00. The quantitative estimate of drug-likeness (QED) is 0.827. The number of nitrogens with one attached hydrogen (secondary N) is 1. The topological polar surface area (TPSA) is 15.3 Å². The monoisotopic (exact) mass is 284 g/mol. The number of rotatable bonds is 7. The fourth-order valence-corrected chi connectivity index (χ4v) is 2.87. The molecule has 1 rings (SSSR count). The second kappa shape index (κ2) is 7.14. The van der Waals surface area contributed by atoms with Crippen LogP contribution in [0.1, 0.15) is 33.3 Å². The van der Waals surface area contributed by atoms with E-state index in [2.05, 4.69) is 37.9 Å². The Bertz CT molecular complexity index is 428. The van der Waals surface area contributed by atoms with Gasteiger partial charge in [-0.3, -0.25) is 4.90 Å². The number of likely N-dealkylation sites (N-methyl/N-ethyl adjacent to an activating group) is 2. The van der Waals surface area contributed by atoms with Gasteiger partial charge in [0.25, 0.3) is 0 Å². The first-order chi connectivity index (χ1) is 9.36. The van der Waals surface area contributed by atoms with Crippen LogP contribution in [-0.4, -0.2) is 36.6 Å². The third kappa shape index (κ3) is 3.76. The molecule has 0 fully saturated rings. The molecule has 1 unspecified atom stereocenters. The Morgan fingerprint density at radius 2 is 1.75 bits per heavy atom. The van der Waals surface area contributed by atoms with Crippen molar-refractivity contribution >= 4 is 0 Å². The van der Waals surface area contributed by atoms with E-state index in [1.807, 2.05) is 7.05 Å². The van der Waals surface area contributed by atoms with Crippen LogP contribution in [0.3, 0.4) is 0 Å². The minimum atomic E-state index is -0.794. The number of halogens is 2. The van der Waals surface area contributed by atoms with Crippen LogP contribution in [0.2, 0.25) is 0 Å². The molecular weight excluding hydrogens is 258 g/mol. The van der Waals surface area contributed by atoms with Crippen molar-refractivity contribution < 1.29 is 8.78 Å². The molecule has 114 valence electrons. The molecule has 1 N–H and O–H groups in total. The molecule has 0 spiro atoms. The second-order valence-corrected chi connectivity index (χ2v) is 5.62. The van der Waals surface area contributed by atoms with E-state index in [0.717, 1.165) is 18.7 Å². The molecule has 0 aliphatic heterocycles. The van der Waals surface area contributed by atoms with Gasteiger partial charge in [0.1, 0.15) is 0 Å². The van der Waals surface area contributed by atoms with E-state index >= 15 is 0 Å². The lowest BCUT2D eigenvalue weighted by Gasteiger charge is -2.43. The van der Waals surface area contributed by atoms with Crippen molar-refractivity contribution in [1.82, 2.24) is 10.2 Å². The Labute approximate surface area is 121 Å². The summed E-state index contributed by atoms with van der Waals surface area (Å²) >= 11 is 0. The van der Waals surface area contributed by atoms with Crippen molar-refractivity contribution in [3.8, 4) is 0 Å². The van der Waals surface area contributed by atoms with E-state index in [1.54, 1.807) is 6.07 Å². The van der Waals surface area contributed by atoms with Gasteiger partial charge in [-0.1, -0.05) is 19.9 Å². The van der Waals surface area contributed by atoms with E-state index in [4.69, 9.17) is 0 Å². The number of benzene rings is 1. The molecule has 0 aliphatic rings. The van der Waals surface area contributed by atoms with Crippen LogP contribution in [0, 0.1) is 11.6 Å². The predicted octanol–water partition coefficient (Wildman–Crippen LogP) is 3.22. The lowest BCUT2D eigenvalue weighted by atomic mass is 9.87. The Morgan fingerprint density at radius 3 is 2.20 bits per heavy atom. The number of hydrogen-bond acceptors (Lipinski definition) is 2. The van der Waals surface area contributed by atoms with Crippen LogP contribution in [0.25, 0.3) is 0 Å². The number of nitrogens with zero attached hydrogens (tertiary/aromatic N) is 1. The van der Waals surface area contributed by atoms with Gasteiger partial charge in [-0.15, -0.1) is 0 Å². The third-order valence-electron chi connectivity index (χ3n) is 4.20. The molecule has 20 heavy (non-hydrogen) atoms. The fraction of sp³-hybridized carbons (Fsp3) is 0.625. The zero-order chi connectivity index (χ0) is 15.3. The van der Waals surface area contributed by atoms with Gasteiger partial charge in [0.05, 0.1) is 0 Å². The lowest BCUT2D eigenvalue weighted by Crippen LogP contribution is -2.57. The first-order valence-corrected chi connectivity index (χ1v) is 7.23. The zero-order valence-electron chi connectivity index (χ0n) is 13.1. The maximum Gasteiger partial charge on any atom is 0.159 e. The molecule has 1 aromatic rings. The lowest BCUT2D eigenvalue weighted by molar-refractivity contribution is 0.0943. The third-order valence-corrected chi connectivity index (χ3v) is 4.20. The van der Waals surface area contributed by atoms with Crippen molar-refractivity contribution in [2.45, 2.75) is 45.7 Å². The van der Waals surface area contributed by atoms with Crippen LogP contribution in [0.15, 0.2) is 18.2 Å². The van der Waals surface area contributed by atoms with Gasteiger partial charge in [0, 0.05) is 11.6 Å².